The van der Waals surface area contributed by atoms with E-state index in [4.69, 9.17) is 4.98 Å². The van der Waals surface area contributed by atoms with E-state index in [-0.39, 0.29) is 0 Å². The van der Waals surface area contributed by atoms with Crippen molar-refractivity contribution < 1.29 is 0 Å². The van der Waals surface area contributed by atoms with E-state index in [2.05, 4.69) is 64.4 Å². The van der Waals surface area contributed by atoms with Crippen LogP contribution in [0.15, 0.2) is 35.8 Å². The molecule has 110 valence electrons. The Kier molecular flexibility index (Phi) is 3.94. The topological polar surface area (TPSA) is 32.6 Å². The number of anilines is 2. The van der Waals surface area contributed by atoms with Crippen LogP contribution in [0.1, 0.15) is 18.2 Å². The van der Waals surface area contributed by atoms with Gasteiger partial charge < -0.3 is 10.2 Å². The Morgan fingerprint density at radius 2 is 2.05 bits per heavy atom. The first kappa shape index (κ1) is 14.1. The van der Waals surface area contributed by atoms with Crippen LogP contribution in [0.2, 0.25) is 0 Å². The van der Waals surface area contributed by atoms with Gasteiger partial charge in [0.15, 0.2) is 10.8 Å². The van der Waals surface area contributed by atoms with E-state index in [0.717, 1.165) is 29.4 Å². The van der Waals surface area contributed by atoms with Gasteiger partial charge in [0.2, 0.25) is 0 Å². The Hall–Kier alpha value is -1.85. The van der Waals surface area contributed by atoms with E-state index < -0.39 is 0 Å². The lowest BCUT2D eigenvalue weighted by Gasteiger charge is -2.19. The normalized spacial score (nSPS) is 11.2. The van der Waals surface area contributed by atoms with Gasteiger partial charge in [-0.05, 0) is 31.2 Å². The van der Waals surface area contributed by atoms with Gasteiger partial charge in [-0.15, -0.1) is 11.3 Å². The zero-order valence-corrected chi connectivity index (χ0v) is 13.4. The average Bonchev–Trinajstić information content (AvgIpc) is 3.09. The number of hydrogen-bond donors (Lipinski definition) is 1. The fourth-order valence-electron chi connectivity index (χ4n) is 2.50. The molecule has 0 aliphatic carbocycles. The van der Waals surface area contributed by atoms with Crippen molar-refractivity contribution in [3.8, 4) is 0 Å². The fraction of sp³-hybridized carbons (Fsp3) is 0.312. The van der Waals surface area contributed by atoms with Gasteiger partial charge in [0.25, 0.3) is 0 Å². The predicted octanol–water partition coefficient (Wildman–Crippen LogP) is 3.45. The number of aromatic nitrogens is 2. The number of hydrogen-bond acceptors (Lipinski definition) is 4. The second-order valence-corrected chi connectivity index (χ2v) is 5.92. The number of imidazole rings is 1. The summed E-state index contributed by atoms with van der Waals surface area (Å²) in [6.07, 6.45) is 3.15. The molecule has 3 aromatic rings. The average molecular weight is 300 g/mol. The molecule has 0 aliphatic heterocycles. The minimum atomic E-state index is 0.796. The molecule has 0 saturated heterocycles. The zero-order valence-electron chi connectivity index (χ0n) is 12.6. The van der Waals surface area contributed by atoms with Crippen LogP contribution in [-0.4, -0.2) is 23.5 Å². The third kappa shape index (κ3) is 2.54. The Morgan fingerprint density at radius 1 is 1.29 bits per heavy atom. The number of thiazole rings is 1. The number of nitrogens with zero attached hydrogens (tertiary/aromatic N) is 3. The summed E-state index contributed by atoms with van der Waals surface area (Å²) < 4.78 is 2.16. The molecule has 0 fully saturated rings. The van der Waals surface area contributed by atoms with Crippen LogP contribution in [0, 0.1) is 0 Å². The van der Waals surface area contributed by atoms with E-state index in [1.807, 2.05) is 7.05 Å². The van der Waals surface area contributed by atoms with Crippen LogP contribution in [0.5, 0.6) is 0 Å². The summed E-state index contributed by atoms with van der Waals surface area (Å²) in [5, 5.41) is 5.30. The molecule has 1 N–H and O–H groups in total. The molecule has 2 heterocycles. The maximum absolute atomic E-state index is 4.78. The third-order valence-electron chi connectivity index (χ3n) is 3.73. The first-order valence-corrected chi connectivity index (χ1v) is 8.04. The van der Waals surface area contributed by atoms with Crippen LogP contribution < -0.4 is 10.2 Å². The molecule has 21 heavy (non-hydrogen) atoms. The summed E-state index contributed by atoms with van der Waals surface area (Å²) >= 11 is 1.66. The van der Waals surface area contributed by atoms with Gasteiger partial charge in [0.05, 0.1) is 5.69 Å². The highest BCUT2D eigenvalue weighted by atomic mass is 32.1. The maximum Gasteiger partial charge on any atom is 0.195 e. The van der Waals surface area contributed by atoms with E-state index in [1.165, 1.54) is 11.3 Å². The lowest BCUT2D eigenvalue weighted by atomic mass is 10.1. The number of rotatable bonds is 5. The summed E-state index contributed by atoms with van der Waals surface area (Å²) in [6, 6.07) is 8.69. The first-order valence-electron chi connectivity index (χ1n) is 7.16. The second kappa shape index (κ2) is 5.87. The Labute approximate surface area is 129 Å². The number of benzene rings is 1. The Balaban J connectivity index is 2.01. The standard InChI is InChI=1S/C16H20N4S/c1-4-12-5-7-13(8-6-12)19(3)15-14(11-17-2)20-9-10-21-16(20)18-15/h5-10,17H,4,11H2,1-3H3. The maximum atomic E-state index is 4.78. The molecule has 0 spiro atoms. The molecular weight excluding hydrogens is 280 g/mol. The van der Waals surface area contributed by atoms with Crippen LogP contribution in [0.3, 0.4) is 0 Å². The van der Waals surface area contributed by atoms with Crippen molar-refractivity contribution in [2.24, 2.45) is 0 Å². The molecule has 0 atom stereocenters. The monoisotopic (exact) mass is 300 g/mol. The van der Waals surface area contributed by atoms with Gasteiger partial charge >= 0.3 is 0 Å². The molecule has 0 amide bonds. The van der Waals surface area contributed by atoms with Gasteiger partial charge in [-0.2, -0.15) is 0 Å². The van der Waals surface area contributed by atoms with Crippen molar-refractivity contribution in [1.82, 2.24) is 14.7 Å². The van der Waals surface area contributed by atoms with Crippen molar-refractivity contribution in [3.05, 3.63) is 47.1 Å². The summed E-state index contributed by atoms with van der Waals surface area (Å²) in [6.45, 7) is 2.97. The lowest BCUT2D eigenvalue weighted by Crippen LogP contribution is -2.15. The van der Waals surface area contributed by atoms with Crippen LogP contribution in [-0.2, 0) is 13.0 Å². The second-order valence-electron chi connectivity index (χ2n) is 5.05. The fourth-order valence-corrected chi connectivity index (χ4v) is 3.23. The number of nitrogens with one attached hydrogen (secondary N) is 1. The summed E-state index contributed by atoms with van der Waals surface area (Å²) in [4.78, 5) is 7.97. The quantitative estimate of drug-likeness (QED) is 0.783. The minimum absolute atomic E-state index is 0.796. The van der Waals surface area contributed by atoms with Gasteiger partial charge in [-0.1, -0.05) is 19.1 Å². The lowest BCUT2D eigenvalue weighted by molar-refractivity contribution is 0.782. The largest absolute Gasteiger partial charge is 0.328 e. The van der Waals surface area contributed by atoms with E-state index in [9.17, 15) is 0 Å². The first-order chi connectivity index (χ1) is 10.2. The van der Waals surface area contributed by atoms with Crippen molar-refractivity contribution in [3.63, 3.8) is 0 Å². The zero-order chi connectivity index (χ0) is 14.8. The molecule has 0 bridgehead atoms. The van der Waals surface area contributed by atoms with Crippen LogP contribution in [0.25, 0.3) is 4.96 Å². The van der Waals surface area contributed by atoms with Gasteiger partial charge in [0.1, 0.15) is 0 Å². The summed E-state index contributed by atoms with van der Waals surface area (Å²) in [7, 11) is 4.04. The van der Waals surface area contributed by atoms with Crippen molar-refractivity contribution in [2.45, 2.75) is 19.9 Å². The van der Waals surface area contributed by atoms with Gasteiger partial charge in [-0.3, -0.25) is 4.40 Å². The SMILES string of the molecule is CCc1ccc(N(C)c2nc3sccn3c2CNC)cc1. The molecule has 0 unspecified atom stereocenters. The predicted molar refractivity (Wildman–Crippen MR) is 89.7 cm³/mol. The molecule has 4 nitrogen and oxygen atoms in total. The molecule has 2 aromatic heterocycles. The van der Waals surface area contributed by atoms with E-state index in [1.54, 1.807) is 11.3 Å². The van der Waals surface area contributed by atoms with Crippen LogP contribution in [0.4, 0.5) is 11.5 Å². The molecular formula is C16H20N4S. The summed E-state index contributed by atoms with van der Waals surface area (Å²) in [5.74, 6) is 1.01. The van der Waals surface area contributed by atoms with Crippen molar-refractivity contribution >= 4 is 27.8 Å². The molecule has 1 aromatic carbocycles. The molecule has 5 heteroatoms. The van der Waals surface area contributed by atoms with E-state index >= 15 is 0 Å². The van der Waals surface area contributed by atoms with E-state index in [0.29, 0.717) is 0 Å². The Morgan fingerprint density at radius 3 is 2.71 bits per heavy atom. The van der Waals surface area contributed by atoms with Gasteiger partial charge in [-0.25, -0.2) is 4.98 Å². The highest BCUT2D eigenvalue weighted by Gasteiger charge is 2.17. The Bertz CT molecular complexity index is 726. The molecule has 0 saturated carbocycles. The molecule has 0 aliphatic rings. The highest BCUT2D eigenvalue weighted by Crippen LogP contribution is 2.29. The van der Waals surface area contributed by atoms with Crippen LogP contribution >= 0.6 is 11.3 Å². The highest BCUT2D eigenvalue weighted by molar-refractivity contribution is 7.15. The van der Waals surface area contributed by atoms with Gasteiger partial charge in [0, 0.05) is 30.9 Å². The molecule has 0 radical (unpaired) electrons. The summed E-state index contributed by atoms with van der Waals surface area (Å²) in [5.41, 5.74) is 3.71. The third-order valence-corrected chi connectivity index (χ3v) is 4.49. The smallest absolute Gasteiger partial charge is 0.195 e. The number of fused-ring (bicyclic) bond motifs is 1. The van der Waals surface area contributed by atoms with Crippen molar-refractivity contribution in [1.29, 1.82) is 0 Å². The van der Waals surface area contributed by atoms with Crippen molar-refractivity contribution in [2.75, 3.05) is 19.0 Å². The minimum Gasteiger partial charge on any atom is -0.328 e. The number of aryl methyl sites for hydroxylation is 1. The molecule has 3 rings (SSSR count).